The average molecular weight is 478 g/mol. The molecule has 0 saturated carbocycles. The molecule has 3 aromatic rings. The minimum atomic E-state index is -1.03. The van der Waals surface area contributed by atoms with E-state index in [-0.39, 0.29) is 29.9 Å². The van der Waals surface area contributed by atoms with Gasteiger partial charge < -0.3 is 15.5 Å². The van der Waals surface area contributed by atoms with Crippen LogP contribution in [0.1, 0.15) is 33.6 Å². The number of amides is 1. The van der Waals surface area contributed by atoms with Gasteiger partial charge in [-0.25, -0.2) is 8.78 Å². The van der Waals surface area contributed by atoms with Crippen LogP contribution in [-0.4, -0.2) is 52.1 Å². The van der Waals surface area contributed by atoms with Gasteiger partial charge in [-0.05, 0) is 60.0 Å². The van der Waals surface area contributed by atoms with Crippen LogP contribution in [0.4, 0.5) is 8.78 Å². The van der Waals surface area contributed by atoms with Crippen molar-refractivity contribution in [3.8, 4) is 0 Å². The van der Waals surface area contributed by atoms with Crippen LogP contribution in [0.3, 0.4) is 0 Å². The second kappa shape index (κ2) is 11.1. The lowest BCUT2D eigenvalue weighted by Crippen LogP contribution is -2.40. The molecule has 0 saturated heterocycles. The van der Waals surface area contributed by atoms with Crippen LogP contribution in [0.15, 0.2) is 77.9 Å². The Kier molecular flexibility index (Phi) is 7.74. The fraction of sp³-hybridized carbons (Fsp3) is 0.222. The minimum Gasteiger partial charge on any atom is -0.394 e. The number of allylic oxidation sites excluding steroid dienone is 1. The molecule has 0 radical (unpaired) electrons. The maximum absolute atomic E-state index is 15.0. The van der Waals surface area contributed by atoms with Crippen LogP contribution in [0.25, 0.3) is 5.57 Å². The van der Waals surface area contributed by atoms with Crippen LogP contribution in [0.2, 0.25) is 0 Å². The first kappa shape index (κ1) is 24.4. The number of carbonyl (C=O) groups excluding carboxylic acids is 1. The van der Waals surface area contributed by atoms with Crippen molar-refractivity contribution < 1.29 is 23.8 Å². The summed E-state index contributed by atoms with van der Waals surface area (Å²) in [5, 5.41) is 22.1. The molecule has 2 atom stereocenters. The standard InChI is InChI=1S/C27H25F2N3O3/c28-19-9-7-17(8-10-19)18-12-25(31-15-18)26-23(5-3-6-24(26)29)27(35)32-21(14-22(34)16-33)13-20-4-1-2-11-30-20/h1-12,21-22,33-34H,13-16H2,(H,32,35)/t21-,22-/m0/s1. The lowest BCUT2D eigenvalue weighted by atomic mass is 9.98. The molecule has 0 bridgehead atoms. The number of carbonyl (C=O) groups is 1. The van der Waals surface area contributed by atoms with Crippen molar-refractivity contribution in [3.63, 3.8) is 0 Å². The number of aliphatic imine (C=N–C) groups is 1. The number of halogens is 2. The van der Waals surface area contributed by atoms with E-state index in [1.165, 1.54) is 30.3 Å². The third-order valence-electron chi connectivity index (χ3n) is 5.74. The molecule has 8 heteroatoms. The highest BCUT2D eigenvalue weighted by Crippen LogP contribution is 2.25. The summed E-state index contributed by atoms with van der Waals surface area (Å²) >= 11 is 0. The number of hydrogen-bond donors (Lipinski definition) is 3. The third kappa shape index (κ3) is 6.03. The molecule has 35 heavy (non-hydrogen) atoms. The molecule has 0 spiro atoms. The van der Waals surface area contributed by atoms with E-state index >= 15 is 0 Å². The predicted octanol–water partition coefficient (Wildman–Crippen LogP) is 3.33. The van der Waals surface area contributed by atoms with Gasteiger partial charge >= 0.3 is 0 Å². The first-order valence-corrected chi connectivity index (χ1v) is 11.2. The lowest BCUT2D eigenvalue weighted by molar-refractivity contribution is 0.0739. The Labute approximate surface area is 201 Å². The SMILES string of the molecule is O=C(N[C@@H](Cc1ccccn1)C[C@H](O)CO)c1cccc(F)c1C1=NCC(c2ccc(F)cc2)=C1. The lowest BCUT2D eigenvalue weighted by Gasteiger charge is -2.21. The molecule has 6 nitrogen and oxygen atoms in total. The highest BCUT2D eigenvalue weighted by atomic mass is 19.1. The maximum atomic E-state index is 15.0. The van der Waals surface area contributed by atoms with Crippen molar-refractivity contribution >= 4 is 17.2 Å². The summed E-state index contributed by atoms with van der Waals surface area (Å²) in [6.45, 7) is -0.172. The molecule has 1 amide bonds. The fourth-order valence-corrected chi connectivity index (χ4v) is 4.02. The summed E-state index contributed by atoms with van der Waals surface area (Å²) in [5.74, 6) is -1.48. The summed E-state index contributed by atoms with van der Waals surface area (Å²) < 4.78 is 28.2. The van der Waals surface area contributed by atoms with E-state index in [1.54, 1.807) is 36.5 Å². The highest BCUT2D eigenvalue weighted by Gasteiger charge is 2.24. The predicted molar refractivity (Wildman–Crippen MR) is 129 cm³/mol. The van der Waals surface area contributed by atoms with E-state index in [0.29, 0.717) is 17.8 Å². The van der Waals surface area contributed by atoms with Gasteiger partial charge in [0.05, 0.1) is 30.5 Å². The number of aromatic nitrogens is 1. The number of nitrogens with zero attached hydrogens (tertiary/aromatic N) is 2. The molecular weight excluding hydrogens is 452 g/mol. The monoisotopic (exact) mass is 477 g/mol. The van der Waals surface area contributed by atoms with E-state index in [1.807, 2.05) is 6.07 Å². The first-order chi connectivity index (χ1) is 16.9. The summed E-state index contributed by atoms with van der Waals surface area (Å²) in [7, 11) is 0. The van der Waals surface area contributed by atoms with E-state index in [2.05, 4.69) is 15.3 Å². The molecule has 2 aromatic carbocycles. The number of aliphatic hydroxyl groups is 2. The minimum absolute atomic E-state index is 0.0707. The zero-order valence-corrected chi connectivity index (χ0v) is 18.9. The normalized spacial score (nSPS) is 14.7. The molecule has 0 aliphatic carbocycles. The molecule has 2 heterocycles. The molecule has 1 aliphatic heterocycles. The quantitative estimate of drug-likeness (QED) is 0.441. The Morgan fingerprint density at radius 3 is 2.57 bits per heavy atom. The maximum Gasteiger partial charge on any atom is 0.252 e. The molecule has 0 fully saturated rings. The van der Waals surface area contributed by atoms with Gasteiger partial charge in [-0.3, -0.25) is 14.8 Å². The highest BCUT2D eigenvalue weighted by molar-refractivity contribution is 6.19. The Bertz CT molecular complexity index is 1240. The van der Waals surface area contributed by atoms with Gasteiger partial charge in [-0.15, -0.1) is 0 Å². The van der Waals surface area contributed by atoms with Crippen molar-refractivity contribution in [1.82, 2.24) is 10.3 Å². The van der Waals surface area contributed by atoms with Crippen molar-refractivity contribution in [2.45, 2.75) is 25.0 Å². The molecular formula is C27H25F2N3O3. The summed E-state index contributed by atoms with van der Waals surface area (Å²) in [6.07, 6.45) is 2.72. The van der Waals surface area contributed by atoms with Crippen LogP contribution in [-0.2, 0) is 6.42 Å². The Morgan fingerprint density at radius 2 is 1.86 bits per heavy atom. The molecule has 3 N–H and O–H groups in total. The molecule has 4 rings (SSSR count). The van der Waals surface area contributed by atoms with E-state index in [0.717, 1.165) is 11.1 Å². The van der Waals surface area contributed by atoms with E-state index < -0.39 is 30.5 Å². The molecule has 0 unspecified atom stereocenters. The van der Waals surface area contributed by atoms with Gasteiger partial charge in [0.15, 0.2) is 0 Å². The van der Waals surface area contributed by atoms with Gasteiger partial charge in [-0.1, -0.05) is 24.3 Å². The largest absolute Gasteiger partial charge is 0.394 e. The molecule has 1 aliphatic rings. The number of hydrogen-bond acceptors (Lipinski definition) is 5. The number of benzene rings is 2. The second-order valence-corrected chi connectivity index (χ2v) is 8.31. The topological polar surface area (TPSA) is 94.8 Å². The van der Waals surface area contributed by atoms with Crippen molar-refractivity contribution in [2.24, 2.45) is 4.99 Å². The van der Waals surface area contributed by atoms with Gasteiger partial charge in [0.1, 0.15) is 11.6 Å². The zero-order valence-electron chi connectivity index (χ0n) is 18.9. The average Bonchev–Trinajstić information content (AvgIpc) is 3.34. The van der Waals surface area contributed by atoms with E-state index in [9.17, 15) is 23.8 Å². The van der Waals surface area contributed by atoms with Crippen LogP contribution < -0.4 is 5.32 Å². The van der Waals surface area contributed by atoms with Crippen LogP contribution in [0, 0.1) is 11.6 Å². The number of aliphatic hydroxyl groups excluding tert-OH is 2. The Hall–Kier alpha value is -3.75. The van der Waals surface area contributed by atoms with Gasteiger partial charge in [0, 0.05) is 29.9 Å². The molecule has 1 aromatic heterocycles. The van der Waals surface area contributed by atoms with Crippen molar-refractivity contribution in [3.05, 3.63) is 107 Å². The second-order valence-electron chi connectivity index (χ2n) is 8.31. The fourth-order valence-electron chi connectivity index (χ4n) is 4.02. The van der Waals surface area contributed by atoms with Gasteiger partial charge in [0.2, 0.25) is 0 Å². The van der Waals surface area contributed by atoms with Crippen LogP contribution >= 0.6 is 0 Å². The number of pyridine rings is 1. The number of rotatable bonds is 9. The smallest absolute Gasteiger partial charge is 0.252 e. The first-order valence-electron chi connectivity index (χ1n) is 11.2. The zero-order chi connectivity index (χ0) is 24.8. The van der Waals surface area contributed by atoms with Crippen molar-refractivity contribution in [2.75, 3.05) is 13.2 Å². The summed E-state index contributed by atoms with van der Waals surface area (Å²) in [4.78, 5) is 22.0. The Balaban J connectivity index is 1.59. The summed E-state index contributed by atoms with van der Waals surface area (Å²) in [5.41, 5.74) is 2.75. The molecule has 180 valence electrons. The summed E-state index contributed by atoms with van der Waals surface area (Å²) in [6, 6.07) is 15.0. The van der Waals surface area contributed by atoms with Crippen LogP contribution in [0.5, 0.6) is 0 Å². The van der Waals surface area contributed by atoms with Gasteiger partial charge in [-0.2, -0.15) is 0 Å². The van der Waals surface area contributed by atoms with Crippen molar-refractivity contribution in [1.29, 1.82) is 0 Å². The Morgan fingerprint density at radius 1 is 1.06 bits per heavy atom. The van der Waals surface area contributed by atoms with E-state index in [4.69, 9.17) is 0 Å². The third-order valence-corrected chi connectivity index (χ3v) is 5.74. The number of nitrogens with one attached hydrogen (secondary N) is 1. The van der Waals surface area contributed by atoms with Gasteiger partial charge in [0.25, 0.3) is 5.91 Å².